The van der Waals surface area contributed by atoms with Crippen LogP contribution in [0.25, 0.3) is 0 Å². The second-order valence-electron chi connectivity index (χ2n) is 8.65. The van der Waals surface area contributed by atoms with Crippen LogP contribution in [0.4, 0.5) is 0 Å². The van der Waals surface area contributed by atoms with Crippen molar-refractivity contribution in [3.05, 3.63) is 70.0 Å². The van der Waals surface area contributed by atoms with Gasteiger partial charge in [0.05, 0.1) is 5.92 Å². The number of likely N-dealkylation sites (tertiary alicyclic amines) is 2. The van der Waals surface area contributed by atoms with Crippen LogP contribution in [0.5, 0.6) is 0 Å². The summed E-state index contributed by atoms with van der Waals surface area (Å²) in [5.74, 6) is -0.800. The topological polar surface area (TPSA) is 40.6 Å². The average Bonchev–Trinajstić information content (AvgIpc) is 2.94. The first-order valence-electron chi connectivity index (χ1n) is 9.81. The Kier molecular flexibility index (Phi) is 7.20. The minimum absolute atomic E-state index is 0.0955. The van der Waals surface area contributed by atoms with Gasteiger partial charge in [-0.15, -0.1) is 0 Å². The maximum absolute atomic E-state index is 12.9. The molecular formula is C26H26N2O2. The lowest BCUT2D eigenvalue weighted by molar-refractivity contribution is -0.146. The molecule has 2 fully saturated rings. The summed E-state index contributed by atoms with van der Waals surface area (Å²) in [6.45, 7) is 12.0. The first-order chi connectivity index (χ1) is 14.1. The van der Waals surface area contributed by atoms with Crippen LogP contribution in [0.2, 0.25) is 0 Å². The Labute approximate surface area is 178 Å². The number of carbonyl (C=O) groups excluding carboxylic acids is 2. The van der Waals surface area contributed by atoms with Gasteiger partial charge in [-0.25, -0.2) is 0 Å². The monoisotopic (exact) mass is 398 g/mol. The lowest BCUT2D eigenvalue weighted by Crippen LogP contribution is -2.63. The maximum atomic E-state index is 12.9. The molecule has 0 radical (unpaired) electrons. The summed E-state index contributed by atoms with van der Waals surface area (Å²) in [7, 11) is 2.10. The lowest BCUT2D eigenvalue weighted by atomic mass is 9.77. The molecule has 0 bridgehead atoms. The van der Waals surface area contributed by atoms with Crippen molar-refractivity contribution in [2.75, 3.05) is 7.05 Å². The standard InChI is InChI=1S/C26H26N2O2/c1-7-8-9-10-11-12-13-14-15-16-17-21-18-23(29)28(24(21)30)22-19-25(2,3)27(6)26(4,5)20-22/h17,21-22H,1,18-20H2,2-6H3. The van der Waals surface area contributed by atoms with Crippen LogP contribution in [-0.2, 0) is 9.59 Å². The molecule has 2 heterocycles. The summed E-state index contributed by atoms with van der Waals surface area (Å²) in [6, 6.07) is -0.0955. The predicted octanol–water partition coefficient (Wildman–Crippen LogP) is 3.75. The van der Waals surface area contributed by atoms with E-state index in [0.29, 0.717) is 0 Å². The van der Waals surface area contributed by atoms with E-state index < -0.39 is 5.92 Å². The highest BCUT2D eigenvalue weighted by atomic mass is 16.2. The Morgan fingerprint density at radius 3 is 1.93 bits per heavy atom. The fourth-order valence-corrected chi connectivity index (χ4v) is 4.10. The zero-order chi connectivity index (χ0) is 22.4. The van der Waals surface area contributed by atoms with E-state index in [0.717, 1.165) is 12.8 Å². The summed E-state index contributed by atoms with van der Waals surface area (Å²) in [6.07, 6.45) is 3.25. The summed E-state index contributed by atoms with van der Waals surface area (Å²) in [5, 5.41) is 0. The van der Waals surface area contributed by atoms with E-state index in [2.05, 4.69) is 104 Å². The minimum Gasteiger partial charge on any atom is -0.296 e. The van der Waals surface area contributed by atoms with Crippen molar-refractivity contribution >= 4 is 11.8 Å². The van der Waals surface area contributed by atoms with Gasteiger partial charge in [-0.1, -0.05) is 11.5 Å². The summed E-state index contributed by atoms with van der Waals surface area (Å²) in [4.78, 5) is 29.4. The second-order valence-corrected chi connectivity index (χ2v) is 8.65. The summed E-state index contributed by atoms with van der Waals surface area (Å²) < 4.78 is 0. The van der Waals surface area contributed by atoms with E-state index in [1.54, 1.807) is 6.08 Å². The van der Waals surface area contributed by atoms with Gasteiger partial charge in [0, 0.05) is 23.5 Å². The molecule has 4 heteroatoms. The molecule has 0 aromatic heterocycles. The first kappa shape index (κ1) is 22.9. The predicted molar refractivity (Wildman–Crippen MR) is 114 cm³/mol. The molecule has 0 spiro atoms. The van der Waals surface area contributed by atoms with Crippen LogP contribution >= 0.6 is 0 Å². The van der Waals surface area contributed by atoms with Gasteiger partial charge in [-0.3, -0.25) is 19.4 Å². The van der Waals surface area contributed by atoms with Crippen LogP contribution in [0, 0.1) is 5.92 Å². The molecule has 2 rings (SSSR count). The molecule has 0 saturated carbocycles. The third-order valence-electron chi connectivity index (χ3n) is 5.75. The van der Waals surface area contributed by atoms with Gasteiger partial charge in [0.15, 0.2) is 0 Å². The van der Waals surface area contributed by atoms with E-state index in [1.165, 1.54) is 4.90 Å². The first-order valence-corrected chi connectivity index (χ1v) is 9.81. The smallest absolute Gasteiger partial charge is 0.237 e. The van der Waals surface area contributed by atoms with Crippen LogP contribution in [-0.4, -0.2) is 45.8 Å². The number of rotatable bonds is 2. The highest BCUT2D eigenvalue weighted by Crippen LogP contribution is 2.40. The van der Waals surface area contributed by atoms with Gasteiger partial charge in [-0.2, -0.15) is 0 Å². The van der Waals surface area contributed by atoms with E-state index in [-0.39, 0.29) is 35.4 Å². The molecule has 0 N–H and O–H groups in total. The van der Waals surface area contributed by atoms with Gasteiger partial charge in [0.25, 0.3) is 0 Å². The number of carbonyl (C=O) groups is 2. The van der Waals surface area contributed by atoms with E-state index in [1.807, 2.05) is 0 Å². The molecule has 1 unspecified atom stereocenters. The van der Waals surface area contributed by atoms with E-state index >= 15 is 0 Å². The van der Waals surface area contributed by atoms with Gasteiger partial charge in [-0.05, 0) is 106 Å². The Hall–Kier alpha value is -3.36. The molecule has 2 amide bonds. The van der Waals surface area contributed by atoms with E-state index in [9.17, 15) is 9.59 Å². The molecule has 152 valence electrons. The molecule has 0 aliphatic carbocycles. The van der Waals surface area contributed by atoms with Crippen molar-refractivity contribution in [1.29, 1.82) is 0 Å². The molecule has 4 nitrogen and oxygen atoms in total. The number of piperidine rings is 1. The van der Waals surface area contributed by atoms with Gasteiger partial charge < -0.3 is 0 Å². The molecule has 0 aromatic rings. The van der Waals surface area contributed by atoms with Crippen LogP contribution in [0.15, 0.2) is 70.0 Å². The zero-order valence-corrected chi connectivity index (χ0v) is 18.3. The molecule has 30 heavy (non-hydrogen) atoms. The SMILES string of the molecule is C=C=C=C=C=C=C=C=C=C=C=CC1CC(=O)N(C2CC(C)(C)N(C)C(C)(C)C2)C1=O. The Balaban J connectivity index is 2.25. The molecule has 0 aromatic carbocycles. The lowest BCUT2D eigenvalue weighted by Gasteiger charge is -2.54. The second kappa shape index (κ2) is 9.43. The van der Waals surface area contributed by atoms with E-state index in [4.69, 9.17) is 0 Å². The van der Waals surface area contributed by atoms with Crippen LogP contribution in [0.3, 0.4) is 0 Å². The Morgan fingerprint density at radius 2 is 1.40 bits per heavy atom. The highest BCUT2D eigenvalue weighted by molar-refractivity contribution is 6.04. The zero-order valence-electron chi connectivity index (χ0n) is 18.3. The van der Waals surface area contributed by atoms with Crippen LogP contribution in [0.1, 0.15) is 47.0 Å². The van der Waals surface area contributed by atoms with Crippen molar-refractivity contribution in [3.8, 4) is 0 Å². The number of nitrogens with zero attached hydrogens (tertiary/aromatic N) is 2. The van der Waals surface area contributed by atoms with Gasteiger partial charge >= 0.3 is 0 Å². The quantitative estimate of drug-likeness (QED) is 0.525. The fraction of sp³-hybridized carbons (Fsp3) is 0.462. The molecule has 2 saturated heterocycles. The Morgan fingerprint density at radius 1 is 0.900 bits per heavy atom. The number of amides is 2. The average molecular weight is 399 g/mol. The number of imide groups is 1. The normalized spacial score (nSPS) is 21.9. The number of hydrogen-bond donors (Lipinski definition) is 0. The Bertz CT molecular complexity index is 1110. The third-order valence-corrected chi connectivity index (χ3v) is 5.75. The summed E-state index contributed by atoms with van der Waals surface area (Å²) in [5.41, 5.74) is 25.2. The number of hydrogen-bond acceptors (Lipinski definition) is 3. The molecular weight excluding hydrogens is 372 g/mol. The van der Waals surface area contributed by atoms with Crippen molar-refractivity contribution < 1.29 is 9.59 Å². The largest absolute Gasteiger partial charge is 0.296 e. The van der Waals surface area contributed by atoms with Crippen molar-refractivity contribution in [1.82, 2.24) is 9.80 Å². The fourth-order valence-electron chi connectivity index (χ4n) is 4.10. The highest BCUT2D eigenvalue weighted by Gasteiger charge is 2.49. The van der Waals surface area contributed by atoms with Crippen molar-refractivity contribution in [2.45, 2.75) is 64.1 Å². The van der Waals surface area contributed by atoms with Gasteiger partial charge in [0.2, 0.25) is 11.8 Å². The van der Waals surface area contributed by atoms with Crippen molar-refractivity contribution in [2.24, 2.45) is 5.92 Å². The van der Waals surface area contributed by atoms with Gasteiger partial charge in [0.1, 0.15) is 0 Å². The van der Waals surface area contributed by atoms with Crippen molar-refractivity contribution in [3.63, 3.8) is 0 Å². The van der Waals surface area contributed by atoms with Crippen LogP contribution < -0.4 is 0 Å². The minimum atomic E-state index is -0.518. The summed E-state index contributed by atoms with van der Waals surface area (Å²) >= 11 is 0. The molecule has 2 aliphatic heterocycles. The molecule has 1 atom stereocenters. The third kappa shape index (κ3) is 5.37. The maximum Gasteiger partial charge on any atom is 0.237 e. The molecule has 2 aliphatic rings.